The van der Waals surface area contributed by atoms with Gasteiger partial charge in [-0.3, -0.25) is 0 Å². The van der Waals surface area contributed by atoms with Gasteiger partial charge in [0.25, 0.3) is 0 Å². The minimum absolute atomic E-state index is 0.642. The Morgan fingerprint density at radius 2 is 1.89 bits per heavy atom. The van der Waals surface area contributed by atoms with Crippen LogP contribution in [0.3, 0.4) is 0 Å². The van der Waals surface area contributed by atoms with E-state index in [1.165, 1.54) is 64.3 Å². The van der Waals surface area contributed by atoms with Crippen molar-refractivity contribution >= 4 is 17.3 Å². The second-order valence-electron chi connectivity index (χ2n) is 7.10. The maximum atomic E-state index is 5.59. The molecule has 0 aliphatic heterocycles. The van der Waals surface area contributed by atoms with E-state index in [-0.39, 0.29) is 0 Å². The Hall–Kier alpha value is -0.310. The Kier molecular flexibility index (Phi) is 4.30. The van der Waals surface area contributed by atoms with E-state index in [1.807, 2.05) is 0 Å². The Morgan fingerprint density at radius 1 is 1.11 bits per heavy atom. The summed E-state index contributed by atoms with van der Waals surface area (Å²) in [5, 5.41) is 4.59. The number of nitrogens with zero attached hydrogens (tertiary/aromatic N) is 1. The molecule has 0 amide bonds. The lowest BCUT2D eigenvalue weighted by molar-refractivity contribution is 0.272. The molecule has 3 atom stereocenters. The molecule has 3 aliphatic rings. The van der Waals surface area contributed by atoms with Crippen molar-refractivity contribution in [3.8, 4) is 0 Å². The molecule has 0 aromatic carbocycles. The first-order valence-electron chi connectivity index (χ1n) is 8.24. The zero-order valence-corrected chi connectivity index (χ0v) is 13.1. The highest BCUT2D eigenvalue weighted by Gasteiger charge is 2.39. The van der Waals surface area contributed by atoms with Gasteiger partial charge < -0.3 is 10.2 Å². The van der Waals surface area contributed by atoms with Gasteiger partial charge in [0.2, 0.25) is 0 Å². The Labute approximate surface area is 123 Å². The van der Waals surface area contributed by atoms with Crippen LogP contribution in [0.5, 0.6) is 0 Å². The Morgan fingerprint density at radius 3 is 2.53 bits per heavy atom. The van der Waals surface area contributed by atoms with Crippen molar-refractivity contribution < 1.29 is 0 Å². The normalized spacial score (nSPS) is 34.5. The maximum Gasteiger partial charge on any atom is 0.168 e. The third-order valence-electron chi connectivity index (χ3n) is 5.67. The first-order chi connectivity index (χ1) is 9.22. The number of hydrogen-bond donors (Lipinski definition) is 1. The molecule has 19 heavy (non-hydrogen) atoms. The number of fused-ring (bicyclic) bond motifs is 2. The summed E-state index contributed by atoms with van der Waals surface area (Å²) in [6.45, 7) is 1.18. The summed E-state index contributed by atoms with van der Waals surface area (Å²) >= 11 is 5.59. The number of rotatable bonds is 3. The first-order valence-corrected chi connectivity index (χ1v) is 8.65. The quantitative estimate of drug-likeness (QED) is 0.796. The van der Waals surface area contributed by atoms with Crippen LogP contribution in [0.1, 0.15) is 57.8 Å². The van der Waals surface area contributed by atoms with Crippen molar-refractivity contribution in [2.24, 2.45) is 17.8 Å². The molecule has 3 aliphatic carbocycles. The molecule has 2 bridgehead atoms. The summed E-state index contributed by atoms with van der Waals surface area (Å²) in [5.74, 6) is 2.96. The zero-order valence-electron chi connectivity index (χ0n) is 12.2. The Balaban J connectivity index is 1.44. The lowest BCUT2D eigenvalue weighted by Crippen LogP contribution is -2.45. The van der Waals surface area contributed by atoms with E-state index in [0.29, 0.717) is 6.04 Å². The zero-order chi connectivity index (χ0) is 13.2. The minimum Gasteiger partial charge on any atom is -0.360 e. The molecule has 0 aromatic rings. The molecule has 3 saturated carbocycles. The molecular formula is C16H28N2S. The molecule has 0 heterocycles. The molecule has 1 N–H and O–H groups in total. The van der Waals surface area contributed by atoms with E-state index in [9.17, 15) is 0 Å². The van der Waals surface area contributed by atoms with Crippen LogP contribution in [-0.4, -0.2) is 29.6 Å². The summed E-state index contributed by atoms with van der Waals surface area (Å²) in [6, 6.07) is 0.642. The fourth-order valence-corrected chi connectivity index (χ4v) is 4.81. The summed E-state index contributed by atoms with van der Waals surface area (Å²) < 4.78 is 0. The van der Waals surface area contributed by atoms with Gasteiger partial charge in [-0.05, 0) is 62.1 Å². The van der Waals surface area contributed by atoms with Gasteiger partial charge >= 0.3 is 0 Å². The highest BCUT2D eigenvalue weighted by atomic mass is 32.1. The average Bonchev–Trinajstić information content (AvgIpc) is 3.02. The van der Waals surface area contributed by atoms with Crippen LogP contribution in [0.4, 0.5) is 0 Å². The smallest absolute Gasteiger partial charge is 0.168 e. The van der Waals surface area contributed by atoms with E-state index in [1.54, 1.807) is 0 Å². The minimum atomic E-state index is 0.642. The second kappa shape index (κ2) is 5.99. The summed E-state index contributed by atoms with van der Waals surface area (Å²) in [6.07, 6.45) is 12.7. The van der Waals surface area contributed by atoms with Crippen molar-refractivity contribution in [3.05, 3.63) is 0 Å². The van der Waals surface area contributed by atoms with Crippen molar-refractivity contribution in [2.75, 3.05) is 13.6 Å². The monoisotopic (exact) mass is 280 g/mol. The molecule has 3 heteroatoms. The number of thiocarbonyl (C=S) groups is 1. The van der Waals surface area contributed by atoms with Gasteiger partial charge in [0.15, 0.2) is 5.11 Å². The highest BCUT2D eigenvalue weighted by molar-refractivity contribution is 7.80. The largest absolute Gasteiger partial charge is 0.360 e. The molecule has 0 spiro atoms. The van der Waals surface area contributed by atoms with Crippen LogP contribution in [-0.2, 0) is 0 Å². The van der Waals surface area contributed by atoms with Crippen LogP contribution in [0, 0.1) is 17.8 Å². The summed E-state index contributed by atoms with van der Waals surface area (Å²) in [5.41, 5.74) is 0. The van der Waals surface area contributed by atoms with Crippen molar-refractivity contribution in [1.82, 2.24) is 10.2 Å². The molecule has 3 fully saturated rings. The fraction of sp³-hybridized carbons (Fsp3) is 0.938. The van der Waals surface area contributed by atoms with E-state index in [0.717, 1.165) is 22.9 Å². The number of hydrogen-bond acceptors (Lipinski definition) is 1. The molecule has 0 saturated heterocycles. The maximum absolute atomic E-state index is 5.59. The van der Waals surface area contributed by atoms with Crippen molar-refractivity contribution in [1.29, 1.82) is 0 Å². The van der Waals surface area contributed by atoms with Gasteiger partial charge in [-0.25, -0.2) is 0 Å². The van der Waals surface area contributed by atoms with E-state index >= 15 is 0 Å². The third kappa shape index (κ3) is 3.24. The van der Waals surface area contributed by atoms with Gasteiger partial charge in [0, 0.05) is 19.6 Å². The molecule has 0 radical (unpaired) electrons. The first kappa shape index (κ1) is 13.7. The lowest BCUT2D eigenvalue weighted by atomic mass is 9.88. The lowest BCUT2D eigenvalue weighted by Gasteiger charge is -2.32. The third-order valence-corrected chi connectivity index (χ3v) is 6.10. The van der Waals surface area contributed by atoms with Crippen LogP contribution < -0.4 is 5.32 Å². The highest BCUT2D eigenvalue weighted by Crippen LogP contribution is 2.48. The predicted octanol–water partition coefficient (Wildman–Crippen LogP) is 3.56. The molecule has 108 valence electrons. The molecular weight excluding hydrogens is 252 g/mol. The average molecular weight is 280 g/mol. The molecule has 2 nitrogen and oxygen atoms in total. The van der Waals surface area contributed by atoms with E-state index < -0.39 is 0 Å². The summed E-state index contributed by atoms with van der Waals surface area (Å²) in [7, 11) is 2.18. The van der Waals surface area contributed by atoms with Gasteiger partial charge in [0.05, 0.1) is 0 Å². The number of nitrogens with one attached hydrogen (secondary N) is 1. The summed E-state index contributed by atoms with van der Waals surface area (Å²) in [4.78, 5) is 2.31. The van der Waals surface area contributed by atoms with Crippen LogP contribution in [0.25, 0.3) is 0 Å². The van der Waals surface area contributed by atoms with Gasteiger partial charge in [-0.15, -0.1) is 0 Å². The topological polar surface area (TPSA) is 15.3 Å². The van der Waals surface area contributed by atoms with Crippen LogP contribution in [0.2, 0.25) is 0 Å². The van der Waals surface area contributed by atoms with Crippen molar-refractivity contribution in [3.63, 3.8) is 0 Å². The second-order valence-corrected chi connectivity index (χ2v) is 7.49. The molecule has 3 rings (SSSR count). The standard InChI is InChI=1S/C16H28N2S/c1-18(11-14-10-12-7-8-13(14)9-12)16(19)17-15-5-3-2-4-6-15/h12-15H,2-11H2,1H3,(H,17,19). The van der Waals surface area contributed by atoms with Gasteiger partial charge in [0.1, 0.15) is 0 Å². The molecule has 3 unspecified atom stereocenters. The SMILES string of the molecule is CN(CC1CC2CCC1C2)C(=S)NC1CCCCC1. The van der Waals surface area contributed by atoms with Crippen molar-refractivity contribution in [2.45, 2.75) is 63.8 Å². The molecule has 0 aromatic heterocycles. The van der Waals surface area contributed by atoms with E-state index in [2.05, 4.69) is 17.3 Å². The fourth-order valence-electron chi connectivity index (χ4n) is 4.57. The van der Waals surface area contributed by atoms with E-state index in [4.69, 9.17) is 12.2 Å². The Bertz CT molecular complexity index is 325. The van der Waals surface area contributed by atoms with Gasteiger partial charge in [-0.2, -0.15) is 0 Å². The predicted molar refractivity (Wildman–Crippen MR) is 84.2 cm³/mol. The van der Waals surface area contributed by atoms with Crippen LogP contribution in [0.15, 0.2) is 0 Å². The van der Waals surface area contributed by atoms with Gasteiger partial charge in [-0.1, -0.05) is 25.7 Å². The van der Waals surface area contributed by atoms with Crippen LogP contribution >= 0.6 is 12.2 Å².